The Morgan fingerprint density at radius 1 is 1.13 bits per heavy atom. The van der Waals surface area contributed by atoms with Crippen LogP contribution in [-0.4, -0.2) is 28.7 Å². The first-order chi connectivity index (χ1) is 11.1. The van der Waals surface area contributed by atoms with Gasteiger partial charge in [0.1, 0.15) is 0 Å². The van der Waals surface area contributed by atoms with E-state index < -0.39 is 17.0 Å². The molecule has 0 aliphatic heterocycles. The van der Waals surface area contributed by atoms with Crippen molar-refractivity contribution in [2.45, 2.75) is 18.9 Å². The number of hydrogen-bond donors (Lipinski definition) is 1. The van der Waals surface area contributed by atoms with Crippen LogP contribution < -0.4 is 0 Å². The van der Waals surface area contributed by atoms with Crippen LogP contribution >= 0.6 is 0 Å². The van der Waals surface area contributed by atoms with Crippen LogP contribution in [0.1, 0.15) is 22.3 Å². The number of hydrogen-bond acceptors (Lipinski definition) is 5. The van der Waals surface area contributed by atoms with E-state index in [1.165, 1.54) is 24.3 Å². The molecular formula is C17H17NO5. The van der Waals surface area contributed by atoms with E-state index in [0.717, 1.165) is 5.56 Å². The quantitative estimate of drug-likeness (QED) is 0.482. The predicted octanol–water partition coefficient (Wildman–Crippen LogP) is 2.75. The summed E-state index contributed by atoms with van der Waals surface area (Å²) in [4.78, 5) is 21.8. The van der Waals surface area contributed by atoms with Gasteiger partial charge in [-0.05, 0) is 24.1 Å². The number of ether oxygens (including phenoxy) is 1. The largest absolute Gasteiger partial charge is 0.462 e. The molecule has 0 amide bonds. The number of benzene rings is 2. The van der Waals surface area contributed by atoms with Crippen LogP contribution in [0, 0.1) is 10.1 Å². The van der Waals surface area contributed by atoms with Crippen LogP contribution in [0.3, 0.4) is 0 Å². The maximum absolute atomic E-state index is 11.8. The Labute approximate surface area is 133 Å². The zero-order valence-corrected chi connectivity index (χ0v) is 12.4. The van der Waals surface area contributed by atoms with Crippen molar-refractivity contribution in [1.82, 2.24) is 0 Å². The molecule has 0 fully saturated rings. The lowest BCUT2D eigenvalue weighted by Gasteiger charge is -2.11. The van der Waals surface area contributed by atoms with Gasteiger partial charge < -0.3 is 9.84 Å². The monoisotopic (exact) mass is 315 g/mol. The molecule has 1 atom stereocenters. The molecule has 0 aliphatic carbocycles. The van der Waals surface area contributed by atoms with Crippen LogP contribution in [0.5, 0.6) is 0 Å². The normalized spacial score (nSPS) is 11.7. The Morgan fingerprint density at radius 3 is 2.39 bits per heavy atom. The number of aliphatic hydroxyl groups is 1. The van der Waals surface area contributed by atoms with Gasteiger partial charge in [-0.25, -0.2) is 4.79 Å². The highest BCUT2D eigenvalue weighted by Gasteiger charge is 2.12. The molecule has 23 heavy (non-hydrogen) atoms. The molecule has 0 aromatic heterocycles. The lowest BCUT2D eigenvalue weighted by molar-refractivity contribution is -0.384. The summed E-state index contributed by atoms with van der Waals surface area (Å²) in [5.74, 6) is -0.563. The number of nitro benzene ring substituents is 1. The molecule has 2 rings (SSSR count). The first kappa shape index (κ1) is 16.6. The second-order valence-electron chi connectivity index (χ2n) is 5.07. The molecule has 0 spiro atoms. The highest BCUT2D eigenvalue weighted by atomic mass is 16.6. The second-order valence-corrected chi connectivity index (χ2v) is 5.07. The standard InChI is InChI=1S/C17H17NO5/c19-16(12-13-4-2-1-3-5-13)10-11-23-17(20)14-6-8-15(9-7-14)18(21)22/h1-9,16,19H,10-12H2/t16-/m1/s1. The van der Waals surface area contributed by atoms with E-state index in [9.17, 15) is 20.0 Å². The van der Waals surface area contributed by atoms with E-state index in [-0.39, 0.29) is 17.9 Å². The predicted molar refractivity (Wildman–Crippen MR) is 84.1 cm³/mol. The van der Waals surface area contributed by atoms with E-state index in [1.54, 1.807) is 0 Å². The van der Waals surface area contributed by atoms with Gasteiger partial charge >= 0.3 is 5.97 Å². The van der Waals surface area contributed by atoms with E-state index in [4.69, 9.17) is 4.74 Å². The molecule has 0 saturated carbocycles. The third-order valence-electron chi connectivity index (χ3n) is 3.31. The highest BCUT2D eigenvalue weighted by molar-refractivity contribution is 5.89. The number of carbonyl (C=O) groups is 1. The topological polar surface area (TPSA) is 89.7 Å². The van der Waals surface area contributed by atoms with Crippen molar-refractivity contribution in [3.63, 3.8) is 0 Å². The fourth-order valence-corrected chi connectivity index (χ4v) is 2.08. The summed E-state index contributed by atoms with van der Waals surface area (Å²) in [5, 5.41) is 20.5. The Hall–Kier alpha value is -2.73. The van der Waals surface area contributed by atoms with Gasteiger partial charge in [-0.1, -0.05) is 30.3 Å². The number of esters is 1. The van der Waals surface area contributed by atoms with Crippen molar-refractivity contribution in [2.24, 2.45) is 0 Å². The Kier molecular flexibility index (Phi) is 5.82. The van der Waals surface area contributed by atoms with E-state index >= 15 is 0 Å². The third-order valence-corrected chi connectivity index (χ3v) is 3.31. The third kappa shape index (κ3) is 5.19. The highest BCUT2D eigenvalue weighted by Crippen LogP contribution is 2.13. The number of carbonyl (C=O) groups excluding carboxylic acids is 1. The number of nitrogens with zero attached hydrogens (tertiary/aromatic N) is 1. The summed E-state index contributed by atoms with van der Waals surface area (Å²) in [7, 11) is 0. The Balaban J connectivity index is 1.77. The average Bonchev–Trinajstić information content (AvgIpc) is 2.55. The van der Waals surface area contributed by atoms with Gasteiger partial charge in [-0.15, -0.1) is 0 Å². The van der Waals surface area contributed by atoms with Crippen molar-refractivity contribution in [3.05, 3.63) is 75.8 Å². The molecule has 0 unspecified atom stereocenters. The van der Waals surface area contributed by atoms with Gasteiger partial charge in [-0.2, -0.15) is 0 Å². The summed E-state index contributed by atoms with van der Waals surface area (Å²) in [6, 6.07) is 14.7. The smallest absolute Gasteiger partial charge is 0.338 e. The molecule has 1 N–H and O–H groups in total. The van der Waals surface area contributed by atoms with Crippen LogP contribution in [0.4, 0.5) is 5.69 Å². The van der Waals surface area contributed by atoms with Gasteiger partial charge in [0, 0.05) is 18.6 Å². The molecule has 0 saturated heterocycles. The molecule has 0 heterocycles. The lowest BCUT2D eigenvalue weighted by Crippen LogP contribution is -2.15. The Morgan fingerprint density at radius 2 is 1.78 bits per heavy atom. The van der Waals surface area contributed by atoms with Crippen molar-refractivity contribution in [3.8, 4) is 0 Å². The summed E-state index contributed by atoms with van der Waals surface area (Å²) in [5.41, 5.74) is 1.18. The molecule has 6 nitrogen and oxygen atoms in total. The SMILES string of the molecule is O=C(OCC[C@@H](O)Cc1ccccc1)c1ccc([N+](=O)[O-])cc1. The van der Waals surface area contributed by atoms with Crippen molar-refractivity contribution >= 4 is 11.7 Å². The minimum Gasteiger partial charge on any atom is -0.462 e. The molecule has 0 bridgehead atoms. The summed E-state index contributed by atoms with van der Waals surface area (Å²) in [6.07, 6.45) is 0.228. The number of aliphatic hydroxyl groups excluding tert-OH is 1. The Bertz CT molecular complexity index is 654. The lowest BCUT2D eigenvalue weighted by atomic mass is 10.1. The number of rotatable bonds is 7. The van der Waals surface area contributed by atoms with Crippen LogP contribution in [-0.2, 0) is 11.2 Å². The molecule has 2 aromatic carbocycles. The number of nitro groups is 1. The fraction of sp³-hybridized carbons (Fsp3) is 0.235. The van der Waals surface area contributed by atoms with Crippen molar-refractivity contribution in [1.29, 1.82) is 0 Å². The zero-order chi connectivity index (χ0) is 16.7. The summed E-state index contributed by atoms with van der Waals surface area (Å²) < 4.78 is 5.07. The maximum atomic E-state index is 11.8. The summed E-state index contributed by atoms with van der Waals surface area (Å²) >= 11 is 0. The average molecular weight is 315 g/mol. The van der Waals surface area contributed by atoms with E-state index in [1.807, 2.05) is 30.3 Å². The molecule has 6 heteroatoms. The van der Waals surface area contributed by atoms with E-state index in [2.05, 4.69) is 0 Å². The van der Waals surface area contributed by atoms with Crippen LogP contribution in [0.15, 0.2) is 54.6 Å². The second kappa shape index (κ2) is 8.05. The van der Waals surface area contributed by atoms with Crippen molar-refractivity contribution in [2.75, 3.05) is 6.61 Å². The molecule has 2 aromatic rings. The first-order valence-electron chi connectivity index (χ1n) is 7.20. The van der Waals surface area contributed by atoms with Gasteiger partial charge in [0.15, 0.2) is 0 Å². The van der Waals surface area contributed by atoms with Crippen LogP contribution in [0.25, 0.3) is 0 Å². The molecule has 120 valence electrons. The minimum absolute atomic E-state index is 0.0835. The number of non-ortho nitro benzene ring substituents is 1. The molecular weight excluding hydrogens is 298 g/mol. The first-order valence-corrected chi connectivity index (χ1v) is 7.20. The minimum atomic E-state index is -0.595. The van der Waals surface area contributed by atoms with Gasteiger partial charge in [0.25, 0.3) is 5.69 Å². The van der Waals surface area contributed by atoms with Crippen LogP contribution in [0.2, 0.25) is 0 Å². The molecule has 0 aliphatic rings. The maximum Gasteiger partial charge on any atom is 0.338 e. The van der Waals surface area contributed by atoms with Gasteiger partial charge in [-0.3, -0.25) is 10.1 Å². The summed E-state index contributed by atoms with van der Waals surface area (Å²) in [6.45, 7) is 0.0871. The van der Waals surface area contributed by atoms with E-state index in [0.29, 0.717) is 12.8 Å². The molecule has 0 radical (unpaired) electrons. The van der Waals surface area contributed by atoms with Gasteiger partial charge in [0.2, 0.25) is 0 Å². The van der Waals surface area contributed by atoms with Crippen molar-refractivity contribution < 1.29 is 19.6 Å². The fourth-order valence-electron chi connectivity index (χ4n) is 2.08. The zero-order valence-electron chi connectivity index (χ0n) is 12.4. The van der Waals surface area contributed by atoms with Gasteiger partial charge in [0.05, 0.1) is 23.2 Å².